The van der Waals surface area contributed by atoms with Gasteiger partial charge in [-0.2, -0.15) is 5.10 Å². The van der Waals surface area contributed by atoms with Gasteiger partial charge in [-0.25, -0.2) is 4.98 Å². The van der Waals surface area contributed by atoms with E-state index < -0.39 is 0 Å². The molecule has 3 aromatic heterocycles. The minimum Gasteiger partial charge on any atom is -0.353 e. The first-order chi connectivity index (χ1) is 13.2. The van der Waals surface area contributed by atoms with Crippen molar-refractivity contribution in [3.63, 3.8) is 0 Å². The van der Waals surface area contributed by atoms with Gasteiger partial charge in [0.15, 0.2) is 5.69 Å². The highest BCUT2D eigenvalue weighted by Crippen LogP contribution is 2.38. The van der Waals surface area contributed by atoms with E-state index in [-0.39, 0.29) is 5.91 Å². The fourth-order valence-electron chi connectivity index (χ4n) is 4.13. The van der Waals surface area contributed by atoms with Gasteiger partial charge in [-0.1, -0.05) is 6.07 Å². The van der Waals surface area contributed by atoms with E-state index in [2.05, 4.69) is 26.4 Å². The summed E-state index contributed by atoms with van der Waals surface area (Å²) in [5.41, 5.74) is 4.11. The van der Waals surface area contributed by atoms with Gasteiger partial charge in [-0.3, -0.25) is 9.48 Å². The van der Waals surface area contributed by atoms with Gasteiger partial charge in [0.25, 0.3) is 5.91 Å². The zero-order valence-electron chi connectivity index (χ0n) is 15.3. The van der Waals surface area contributed by atoms with E-state index in [0.29, 0.717) is 18.8 Å². The predicted octanol–water partition coefficient (Wildman–Crippen LogP) is 2.60. The number of fused-ring (bicyclic) bond motifs is 3. The molecule has 5 rings (SSSR count). The van der Waals surface area contributed by atoms with Crippen LogP contribution >= 0.6 is 11.3 Å². The van der Waals surface area contributed by atoms with Gasteiger partial charge in [-0.15, -0.1) is 11.3 Å². The third-order valence-corrected chi connectivity index (χ3v) is 6.47. The Balaban J connectivity index is 1.37. The van der Waals surface area contributed by atoms with Gasteiger partial charge in [0.1, 0.15) is 5.82 Å². The van der Waals surface area contributed by atoms with Gasteiger partial charge < -0.3 is 9.80 Å². The number of anilines is 1. The van der Waals surface area contributed by atoms with E-state index >= 15 is 0 Å². The molecule has 6 nitrogen and oxygen atoms in total. The van der Waals surface area contributed by atoms with Crippen molar-refractivity contribution in [2.75, 3.05) is 31.1 Å². The number of aryl methyl sites for hydroxylation is 2. The molecule has 27 heavy (non-hydrogen) atoms. The zero-order valence-corrected chi connectivity index (χ0v) is 16.1. The van der Waals surface area contributed by atoms with Crippen molar-refractivity contribution < 1.29 is 4.79 Å². The van der Waals surface area contributed by atoms with Crippen LogP contribution in [0.5, 0.6) is 0 Å². The number of piperazine rings is 1. The Morgan fingerprint density at radius 3 is 2.74 bits per heavy atom. The molecule has 3 aromatic rings. The summed E-state index contributed by atoms with van der Waals surface area (Å²) in [4.78, 5) is 23.2. The summed E-state index contributed by atoms with van der Waals surface area (Å²) in [6.07, 6.45) is 3.71. The first-order valence-electron chi connectivity index (χ1n) is 9.30. The first-order valence-corrected chi connectivity index (χ1v) is 10.2. The largest absolute Gasteiger partial charge is 0.353 e. The SMILES string of the molecule is Cn1nc(C(=O)N2CCN(c3ccccn3)CC2)c2c1-c1ccsc1CC2. The molecule has 2 aliphatic rings. The van der Waals surface area contributed by atoms with Crippen LogP contribution in [0.2, 0.25) is 0 Å². The molecule has 4 heterocycles. The van der Waals surface area contributed by atoms with Crippen molar-refractivity contribution in [1.82, 2.24) is 19.7 Å². The molecule has 0 radical (unpaired) electrons. The van der Waals surface area contributed by atoms with Crippen molar-refractivity contribution >= 4 is 23.1 Å². The number of hydrogen-bond acceptors (Lipinski definition) is 5. The molecule has 0 aromatic carbocycles. The maximum absolute atomic E-state index is 13.2. The summed E-state index contributed by atoms with van der Waals surface area (Å²) >= 11 is 1.79. The normalized spacial score (nSPS) is 16.2. The van der Waals surface area contributed by atoms with Gasteiger partial charge in [-0.05, 0) is 36.4 Å². The summed E-state index contributed by atoms with van der Waals surface area (Å²) in [5, 5.41) is 6.76. The Hall–Kier alpha value is -2.67. The first kappa shape index (κ1) is 16.5. The minimum atomic E-state index is 0.0613. The number of rotatable bonds is 2. The molecule has 1 saturated heterocycles. The Labute approximate surface area is 162 Å². The molecule has 1 aliphatic heterocycles. The Bertz CT molecular complexity index is 985. The molecule has 7 heteroatoms. The summed E-state index contributed by atoms with van der Waals surface area (Å²) in [5.74, 6) is 1.04. The lowest BCUT2D eigenvalue weighted by Gasteiger charge is -2.35. The quantitative estimate of drug-likeness (QED) is 0.687. The van der Waals surface area contributed by atoms with Crippen LogP contribution < -0.4 is 4.90 Å². The van der Waals surface area contributed by atoms with Gasteiger partial charge in [0.2, 0.25) is 0 Å². The summed E-state index contributed by atoms with van der Waals surface area (Å²) < 4.78 is 1.89. The topological polar surface area (TPSA) is 54.3 Å². The van der Waals surface area contributed by atoms with Crippen molar-refractivity contribution in [1.29, 1.82) is 0 Å². The lowest BCUT2D eigenvalue weighted by molar-refractivity contribution is 0.0738. The molecule has 0 unspecified atom stereocenters. The maximum atomic E-state index is 13.2. The number of nitrogens with zero attached hydrogens (tertiary/aromatic N) is 5. The molecule has 0 N–H and O–H groups in total. The van der Waals surface area contributed by atoms with Gasteiger partial charge >= 0.3 is 0 Å². The molecule has 138 valence electrons. The van der Waals surface area contributed by atoms with Crippen molar-refractivity contribution in [2.45, 2.75) is 12.8 Å². The zero-order chi connectivity index (χ0) is 18.4. The number of pyridine rings is 1. The monoisotopic (exact) mass is 379 g/mol. The van der Waals surface area contributed by atoms with Crippen molar-refractivity contribution in [3.05, 3.63) is 52.0 Å². The van der Waals surface area contributed by atoms with E-state index in [4.69, 9.17) is 0 Å². The van der Waals surface area contributed by atoms with Gasteiger partial charge in [0.05, 0.1) is 5.69 Å². The average Bonchev–Trinajstić information content (AvgIpc) is 3.32. The average molecular weight is 379 g/mol. The molecule has 0 saturated carbocycles. The van der Waals surface area contributed by atoms with E-state index in [9.17, 15) is 4.79 Å². The maximum Gasteiger partial charge on any atom is 0.274 e. The van der Waals surface area contributed by atoms with Crippen LogP contribution in [-0.2, 0) is 19.9 Å². The van der Waals surface area contributed by atoms with E-state index in [1.807, 2.05) is 41.0 Å². The lowest BCUT2D eigenvalue weighted by Crippen LogP contribution is -2.49. The van der Waals surface area contributed by atoms with E-state index in [1.54, 1.807) is 11.3 Å². The van der Waals surface area contributed by atoms with Gasteiger partial charge in [0, 0.05) is 55.4 Å². The smallest absolute Gasteiger partial charge is 0.274 e. The second-order valence-electron chi connectivity index (χ2n) is 7.02. The molecule has 0 spiro atoms. The fraction of sp³-hybridized carbons (Fsp3) is 0.350. The highest BCUT2D eigenvalue weighted by molar-refractivity contribution is 7.10. The Kier molecular flexibility index (Phi) is 3.97. The second-order valence-corrected chi connectivity index (χ2v) is 8.02. The number of carbonyl (C=O) groups is 1. The highest BCUT2D eigenvalue weighted by atomic mass is 32.1. The highest BCUT2D eigenvalue weighted by Gasteiger charge is 2.31. The summed E-state index contributed by atoms with van der Waals surface area (Å²) in [6.45, 7) is 2.99. The molecule has 0 atom stereocenters. The van der Waals surface area contributed by atoms with Crippen LogP contribution in [0.15, 0.2) is 35.8 Å². The standard InChI is InChI=1S/C20H21N5OS/c1-23-19-14-7-13-27-16(14)6-5-15(19)18(22-23)20(26)25-11-9-24(10-12-25)17-4-2-3-8-21-17/h2-4,7-8,13H,5-6,9-12H2,1H3. The van der Waals surface area contributed by atoms with Crippen LogP contribution in [0, 0.1) is 0 Å². The van der Waals surface area contributed by atoms with E-state index in [1.165, 1.54) is 10.4 Å². The third-order valence-electron chi connectivity index (χ3n) is 5.49. The van der Waals surface area contributed by atoms with E-state index in [0.717, 1.165) is 43.0 Å². The molecule has 1 fully saturated rings. The summed E-state index contributed by atoms with van der Waals surface area (Å²) in [7, 11) is 1.95. The Morgan fingerprint density at radius 2 is 1.96 bits per heavy atom. The van der Waals surface area contributed by atoms with Crippen LogP contribution in [0.3, 0.4) is 0 Å². The second kappa shape index (κ2) is 6.49. The van der Waals surface area contributed by atoms with Crippen LogP contribution in [-0.4, -0.2) is 51.8 Å². The predicted molar refractivity (Wildman–Crippen MR) is 106 cm³/mol. The van der Waals surface area contributed by atoms with Crippen LogP contribution in [0.1, 0.15) is 20.9 Å². The molecular weight excluding hydrogens is 358 g/mol. The third kappa shape index (κ3) is 2.73. The van der Waals surface area contributed by atoms with Crippen LogP contribution in [0.25, 0.3) is 11.3 Å². The van der Waals surface area contributed by atoms with Crippen LogP contribution in [0.4, 0.5) is 5.82 Å². The van der Waals surface area contributed by atoms with Crippen molar-refractivity contribution in [2.24, 2.45) is 7.05 Å². The number of thiophene rings is 1. The summed E-state index contributed by atoms with van der Waals surface area (Å²) in [6, 6.07) is 8.09. The molecule has 0 bridgehead atoms. The van der Waals surface area contributed by atoms with Crippen molar-refractivity contribution in [3.8, 4) is 11.3 Å². The molecule has 1 aliphatic carbocycles. The number of amides is 1. The number of carbonyl (C=O) groups excluding carboxylic acids is 1. The Morgan fingerprint density at radius 1 is 1.11 bits per heavy atom. The minimum absolute atomic E-state index is 0.0613. The number of hydrogen-bond donors (Lipinski definition) is 0. The fourth-order valence-corrected chi connectivity index (χ4v) is 5.01. The molecular formula is C20H21N5OS. The number of aromatic nitrogens is 3. The molecule has 1 amide bonds. The lowest BCUT2D eigenvalue weighted by atomic mass is 9.94.